The van der Waals surface area contributed by atoms with Gasteiger partial charge in [-0.2, -0.15) is 0 Å². The Hall–Kier alpha value is -3.95. The standard InChI is InChI=1S/C19H18O10/c1-9(15(20)21)3-4-10(2)19(28)29-6-5-11-7-12(16(22)23)8-13(17(24)25)14(11)18(26)27/h7-8H,1-6H2,(H,20,21)(H,22,23)(H,24,25)(H,26,27). The molecular formula is C19H18O10. The van der Waals surface area contributed by atoms with Crippen LogP contribution in [0.1, 0.15) is 49.5 Å². The first-order valence-corrected chi connectivity index (χ1v) is 8.08. The molecule has 0 spiro atoms. The Morgan fingerprint density at radius 2 is 1.41 bits per heavy atom. The number of benzene rings is 1. The van der Waals surface area contributed by atoms with E-state index in [9.17, 15) is 34.2 Å². The number of carboxylic acid groups (broad SMARTS) is 4. The zero-order chi connectivity index (χ0) is 22.3. The topological polar surface area (TPSA) is 176 Å². The minimum Gasteiger partial charge on any atom is -0.478 e. The smallest absolute Gasteiger partial charge is 0.336 e. The van der Waals surface area contributed by atoms with Crippen molar-refractivity contribution >= 4 is 29.8 Å². The monoisotopic (exact) mass is 406 g/mol. The van der Waals surface area contributed by atoms with Crippen LogP contribution in [0, 0.1) is 0 Å². The van der Waals surface area contributed by atoms with E-state index < -0.39 is 46.5 Å². The zero-order valence-corrected chi connectivity index (χ0v) is 15.1. The first-order valence-electron chi connectivity index (χ1n) is 8.08. The van der Waals surface area contributed by atoms with Crippen molar-refractivity contribution in [3.63, 3.8) is 0 Å². The van der Waals surface area contributed by atoms with E-state index in [-0.39, 0.29) is 42.6 Å². The number of carboxylic acids is 4. The lowest BCUT2D eigenvalue weighted by molar-refractivity contribution is -0.139. The molecule has 0 radical (unpaired) electrons. The molecule has 0 saturated carbocycles. The van der Waals surface area contributed by atoms with Crippen molar-refractivity contribution in [2.24, 2.45) is 0 Å². The van der Waals surface area contributed by atoms with Crippen molar-refractivity contribution in [2.45, 2.75) is 19.3 Å². The lowest BCUT2D eigenvalue weighted by Gasteiger charge is -2.12. The van der Waals surface area contributed by atoms with E-state index in [0.717, 1.165) is 12.1 Å². The molecule has 154 valence electrons. The molecule has 0 heterocycles. The van der Waals surface area contributed by atoms with Gasteiger partial charge in [0.1, 0.15) is 0 Å². The van der Waals surface area contributed by atoms with E-state index in [1.165, 1.54) is 0 Å². The van der Waals surface area contributed by atoms with E-state index in [2.05, 4.69) is 13.2 Å². The Kier molecular flexibility index (Phi) is 7.83. The number of aromatic carboxylic acids is 3. The van der Waals surface area contributed by atoms with Crippen molar-refractivity contribution < 1.29 is 49.1 Å². The van der Waals surface area contributed by atoms with Gasteiger partial charge in [0.25, 0.3) is 0 Å². The number of carbonyl (C=O) groups is 5. The van der Waals surface area contributed by atoms with Crippen molar-refractivity contribution in [1.82, 2.24) is 0 Å². The van der Waals surface area contributed by atoms with Gasteiger partial charge in [0, 0.05) is 17.6 Å². The van der Waals surface area contributed by atoms with Crippen molar-refractivity contribution in [2.75, 3.05) is 6.61 Å². The van der Waals surface area contributed by atoms with Crippen molar-refractivity contribution in [1.29, 1.82) is 0 Å². The Balaban J connectivity index is 2.91. The Labute approximate surface area is 164 Å². The van der Waals surface area contributed by atoms with Crippen LogP contribution in [0.25, 0.3) is 0 Å². The normalized spacial score (nSPS) is 10.1. The van der Waals surface area contributed by atoms with Crippen LogP contribution < -0.4 is 0 Å². The first kappa shape index (κ1) is 23.1. The first-order chi connectivity index (χ1) is 13.5. The predicted octanol–water partition coefficient (Wildman–Crippen LogP) is 1.84. The van der Waals surface area contributed by atoms with Gasteiger partial charge >= 0.3 is 29.8 Å². The molecule has 0 aliphatic heterocycles. The predicted molar refractivity (Wildman–Crippen MR) is 97.1 cm³/mol. The van der Waals surface area contributed by atoms with E-state index >= 15 is 0 Å². The average Bonchev–Trinajstić information content (AvgIpc) is 2.64. The van der Waals surface area contributed by atoms with Crippen LogP contribution in [0.3, 0.4) is 0 Å². The summed E-state index contributed by atoms with van der Waals surface area (Å²) in [5.41, 5.74) is -2.00. The molecule has 0 aromatic heterocycles. The zero-order valence-electron chi connectivity index (χ0n) is 15.1. The van der Waals surface area contributed by atoms with Gasteiger partial charge < -0.3 is 25.2 Å². The van der Waals surface area contributed by atoms with Gasteiger partial charge in [-0.3, -0.25) is 0 Å². The number of esters is 1. The van der Waals surface area contributed by atoms with Crippen molar-refractivity contribution in [3.8, 4) is 0 Å². The van der Waals surface area contributed by atoms with Crippen LogP contribution >= 0.6 is 0 Å². The van der Waals surface area contributed by atoms with Crippen LogP contribution in [0.15, 0.2) is 36.4 Å². The van der Waals surface area contributed by atoms with E-state index in [1.807, 2.05) is 0 Å². The Bertz CT molecular complexity index is 910. The maximum Gasteiger partial charge on any atom is 0.336 e. The highest BCUT2D eigenvalue weighted by atomic mass is 16.5. The highest BCUT2D eigenvalue weighted by Crippen LogP contribution is 2.20. The molecule has 10 heteroatoms. The highest BCUT2D eigenvalue weighted by molar-refractivity contribution is 6.05. The van der Waals surface area contributed by atoms with Gasteiger partial charge in [0.2, 0.25) is 0 Å². The van der Waals surface area contributed by atoms with Gasteiger partial charge in [-0.05, 0) is 30.5 Å². The molecule has 1 aromatic carbocycles. The second-order valence-electron chi connectivity index (χ2n) is 5.87. The SMILES string of the molecule is C=C(CCC(=C)C(=O)OCCc1cc(C(=O)O)cc(C(=O)O)c1C(=O)O)C(=O)O. The third kappa shape index (κ3) is 6.31. The summed E-state index contributed by atoms with van der Waals surface area (Å²) in [4.78, 5) is 56.5. The molecule has 0 saturated heterocycles. The average molecular weight is 406 g/mol. The van der Waals surface area contributed by atoms with Crippen LogP contribution in [0.2, 0.25) is 0 Å². The number of ether oxygens (including phenoxy) is 1. The molecule has 0 fully saturated rings. The largest absolute Gasteiger partial charge is 0.478 e. The number of carbonyl (C=O) groups excluding carboxylic acids is 1. The van der Waals surface area contributed by atoms with E-state index in [0.29, 0.717) is 0 Å². The third-order valence-corrected chi connectivity index (χ3v) is 3.84. The van der Waals surface area contributed by atoms with Gasteiger partial charge in [0.05, 0.1) is 23.3 Å². The summed E-state index contributed by atoms with van der Waals surface area (Å²) >= 11 is 0. The number of hydrogen-bond acceptors (Lipinski definition) is 6. The quantitative estimate of drug-likeness (QED) is 0.313. The molecule has 0 bridgehead atoms. The third-order valence-electron chi connectivity index (χ3n) is 3.84. The molecule has 0 aliphatic carbocycles. The fourth-order valence-corrected chi connectivity index (χ4v) is 2.31. The maximum absolute atomic E-state index is 11.9. The lowest BCUT2D eigenvalue weighted by atomic mass is 9.95. The second-order valence-corrected chi connectivity index (χ2v) is 5.87. The van der Waals surface area contributed by atoms with Crippen LogP contribution in [0.5, 0.6) is 0 Å². The number of aliphatic carboxylic acids is 1. The fourth-order valence-electron chi connectivity index (χ4n) is 2.31. The van der Waals surface area contributed by atoms with Gasteiger partial charge in [-0.15, -0.1) is 0 Å². The van der Waals surface area contributed by atoms with E-state index in [4.69, 9.17) is 14.9 Å². The molecular weight excluding hydrogens is 388 g/mol. The fraction of sp³-hybridized carbons (Fsp3) is 0.211. The van der Waals surface area contributed by atoms with Crippen LogP contribution in [0.4, 0.5) is 0 Å². The second kappa shape index (κ2) is 9.83. The maximum atomic E-state index is 11.9. The summed E-state index contributed by atoms with van der Waals surface area (Å²) < 4.78 is 4.93. The number of hydrogen-bond donors (Lipinski definition) is 4. The molecule has 4 N–H and O–H groups in total. The summed E-state index contributed by atoms with van der Waals surface area (Å²) in [7, 11) is 0. The molecule has 1 aromatic rings. The molecule has 1 rings (SSSR count). The minimum atomic E-state index is -1.62. The Morgan fingerprint density at radius 3 is 1.90 bits per heavy atom. The summed E-state index contributed by atoms with van der Waals surface area (Å²) in [5, 5.41) is 36.3. The molecule has 0 atom stereocenters. The van der Waals surface area contributed by atoms with Gasteiger partial charge in [-0.1, -0.05) is 13.2 Å². The van der Waals surface area contributed by atoms with E-state index in [1.54, 1.807) is 0 Å². The molecule has 0 amide bonds. The minimum absolute atomic E-state index is 0.0119. The summed E-state index contributed by atoms with van der Waals surface area (Å²) in [6.07, 6.45) is -0.291. The van der Waals surface area contributed by atoms with Crippen molar-refractivity contribution in [3.05, 3.63) is 58.7 Å². The Morgan fingerprint density at radius 1 is 0.828 bits per heavy atom. The molecule has 0 aliphatic rings. The van der Waals surface area contributed by atoms with Crippen LogP contribution in [-0.4, -0.2) is 56.9 Å². The molecule has 0 unspecified atom stereocenters. The molecule has 10 nitrogen and oxygen atoms in total. The number of rotatable bonds is 11. The summed E-state index contributed by atoms with van der Waals surface area (Å²) in [6.45, 7) is 6.41. The summed E-state index contributed by atoms with van der Waals surface area (Å²) in [5.74, 6) is -6.70. The van der Waals surface area contributed by atoms with Crippen LogP contribution in [-0.2, 0) is 20.7 Å². The van der Waals surface area contributed by atoms with Gasteiger partial charge in [-0.25, -0.2) is 24.0 Å². The summed E-state index contributed by atoms with van der Waals surface area (Å²) in [6, 6.07) is 1.73. The highest BCUT2D eigenvalue weighted by Gasteiger charge is 2.23. The van der Waals surface area contributed by atoms with Gasteiger partial charge in [0.15, 0.2) is 0 Å². The molecule has 29 heavy (non-hydrogen) atoms. The lowest BCUT2D eigenvalue weighted by Crippen LogP contribution is -2.16.